The van der Waals surface area contributed by atoms with Crippen LogP contribution in [-0.4, -0.2) is 42.8 Å². The largest absolute Gasteiger partial charge is 0.315 e. The number of non-ortho nitro benzene ring substituents is 1. The Morgan fingerprint density at radius 2 is 1.81 bits per heavy atom. The molecule has 1 aromatic carbocycles. The van der Waals surface area contributed by atoms with Crippen molar-refractivity contribution in [3.05, 3.63) is 34.4 Å². The Labute approximate surface area is 123 Å². The third kappa shape index (κ3) is 2.54. The molecule has 7 nitrogen and oxygen atoms in total. The lowest BCUT2D eigenvalue weighted by Crippen LogP contribution is -2.42. The number of hydrogen-bond donors (Lipinski definition) is 1. The highest BCUT2D eigenvalue weighted by Gasteiger charge is 2.42. The van der Waals surface area contributed by atoms with Crippen molar-refractivity contribution in [1.29, 1.82) is 0 Å². The average Bonchev–Trinajstić information content (AvgIpc) is 2.73. The molecule has 2 heterocycles. The van der Waals surface area contributed by atoms with E-state index in [1.54, 1.807) is 4.31 Å². The lowest BCUT2D eigenvalue weighted by molar-refractivity contribution is -0.384. The average molecular weight is 311 g/mol. The topological polar surface area (TPSA) is 92.5 Å². The molecule has 0 saturated carbocycles. The van der Waals surface area contributed by atoms with Crippen molar-refractivity contribution < 1.29 is 13.3 Å². The molecule has 0 aromatic heterocycles. The van der Waals surface area contributed by atoms with Crippen LogP contribution < -0.4 is 5.32 Å². The smallest absolute Gasteiger partial charge is 0.269 e. The highest BCUT2D eigenvalue weighted by molar-refractivity contribution is 7.89. The van der Waals surface area contributed by atoms with Gasteiger partial charge in [0.15, 0.2) is 0 Å². The van der Waals surface area contributed by atoms with Gasteiger partial charge in [-0.3, -0.25) is 10.1 Å². The summed E-state index contributed by atoms with van der Waals surface area (Å²) in [5, 5.41) is 13.9. The molecule has 1 aromatic rings. The number of nitrogens with zero attached hydrogens (tertiary/aromatic N) is 2. The van der Waals surface area contributed by atoms with Crippen LogP contribution in [0.25, 0.3) is 0 Å². The van der Waals surface area contributed by atoms with Crippen molar-refractivity contribution in [2.45, 2.75) is 36.2 Å². The van der Waals surface area contributed by atoms with Crippen molar-refractivity contribution in [2.75, 3.05) is 13.1 Å². The second-order valence-electron chi connectivity index (χ2n) is 5.46. The minimum atomic E-state index is -3.59. The zero-order chi connectivity index (χ0) is 15.0. The molecule has 114 valence electrons. The van der Waals surface area contributed by atoms with Crippen LogP contribution in [0.3, 0.4) is 0 Å². The second kappa shape index (κ2) is 5.36. The summed E-state index contributed by atoms with van der Waals surface area (Å²) in [6.45, 7) is 1.50. The first kappa shape index (κ1) is 14.4. The third-order valence-electron chi connectivity index (χ3n) is 4.21. The lowest BCUT2D eigenvalue weighted by Gasteiger charge is -2.26. The molecule has 2 atom stereocenters. The number of rotatable bonds is 3. The number of sulfonamides is 1. The minimum Gasteiger partial charge on any atom is -0.315 e. The van der Waals surface area contributed by atoms with Crippen LogP contribution in [0.5, 0.6) is 0 Å². The molecule has 8 heteroatoms. The maximum absolute atomic E-state index is 12.8. The van der Waals surface area contributed by atoms with Crippen LogP contribution in [-0.2, 0) is 10.0 Å². The van der Waals surface area contributed by atoms with Gasteiger partial charge < -0.3 is 5.32 Å². The van der Waals surface area contributed by atoms with Gasteiger partial charge in [-0.2, -0.15) is 4.31 Å². The summed E-state index contributed by atoms with van der Waals surface area (Å²) in [6.07, 6.45) is 2.56. The molecule has 0 radical (unpaired) electrons. The summed E-state index contributed by atoms with van der Waals surface area (Å²) in [6, 6.07) is 5.15. The Balaban J connectivity index is 1.94. The molecule has 2 saturated heterocycles. The molecule has 2 unspecified atom stereocenters. The van der Waals surface area contributed by atoms with Crippen LogP contribution in [0.2, 0.25) is 0 Å². The van der Waals surface area contributed by atoms with E-state index in [0.717, 1.165) is 25.8 Å². The van der Waals surface area contributed by atoms with Crippen molar-refractivity contribution in [2.24, 2.45) is 0 Å². The van der Waals surface area contributed by atoms with Gasteiger partial charge in [0.2, 0.25) is 10.0 Å². The molecule has 0 spiro atoms. The first-order valence-electron chi connectivity index (χ1n) is 6.99. The van der Waals surface area contributed by atoms with Gasteiger partial charge in [-0.25, -0.2) is 8.42 Å². The Morgan fingerprint density at radius 1 is 1.14 bits per heavy atom. The van der Waals surface area contributed by atoms with Gasteiger partial charge in [0.05, 0.1) is 9.82 Å². The van der Waals surface area contributed by atoms with E-state index in [9.17, 15) is 18.5 Å². The van der Waals surface area contributed by atoms with Crippen molar-refractivity contribution in [3.63, 3.8) is 0 Å². The highest BCUT2D eigenvalue weighted by Crippen LogP contribution is 2.34. The molecule has 1 N–H and O–H groups in total. The first-order chi connectivity index (χ1) is 10.00. The summed E-state index contributed by atoms with van der Waals surface area (Å²) >= 11 is 0. The normalized spacial score (nSPS) is 26.5. The molecule has 2 fully saturated rings. The number of nitro benzene ring substituents is 1. The van der Waals surface area contributed by atoms with Crippen LogP contribution in [0.15, 0.2) is 29.2 Å². The fourth-order valence-corrected chi connectivity index (χ4v) is 5.09. The molecular formula is C13H17N3O4S. The quantitative estimate of drug-likeness (QED) is 0.667. The van der Waals surface area contributed by atoms with E-state index in [2.05, 4.69) is 5.32 Å². The monoisotopic (exact) mass is 311 g/mol. The number of benzene rings is 1. The molecule has 0 aliphatic carbocycles. The first-order valence-corrected chi connectivity index (χ1v) is 8.43. The molecule has 3 rings (SSSR count). The maximum Gasteiger partial charge on any atom is 0.269 e. The van der Waals surface area contributed by atoms with E-state index in [1.165, 1.54) is 24.3 Å². The lowest BCUT2D eigenvalue weighted by atomic mass is 10.1. The minimum absolute atomic E-state index is 0.0160. The highest BCUT2D eigenvalue weighted by atomic mass is 32.2. The predicted molar refractivity (Wildman–Crippen MR) is 76.4 cm³/mol. The summed E-state index contributed by atoms with van der Waals surface area (Å²) in [5.74, 6) is 0. The summed E-state index contributed by atoms with van der Waals surface area (Å²) < 4.78 is 27.2. The number of nitrogens with one attached hydrogen (secondary N) is 1. The van der Waals surface area contributed by atoms with Crippen LogP contribution in [0.4, 0.5) is 5.69 Å². The summed E-state index contributed by atoms with van der Waals surface area (Å²) in [7, 11) is -3.59. The maximum atomic E-state index is 12.8. The van der Waals surface area contributed by atoms with E-state index in [0.29, 0.717) is 6.54 Å². The van der Waals surface area contributed by atoms with Gasteiger partial charge in [0.1, 0.15) is 0 Å². The fraction of sp³-hybridized carbons (Fsp3) is 0.538. The van der Waals surface area contributed by atoms with E-state index < -0.39 is 14.9 Å². The van der Waals surface area contributed by atoms with E-state index >= 15 is 0 Å². The number of fused-ring (bicyclic) bond motifs is 2. The molecular weight excluding hydrogens is 294 g/mol. The van der Waals surface area contributed by atoms with E-state index in [1.807, 2.05) is 0 Å². The SMILES string of the molecule is O=[N+]([O-])c1ccc(S(=O)(=O)N2C3CCNCC2CC3)cc1. The molecule has 2 bridgehead atoms. The summed E-state index contributed by atoms with van der Waals surface area (Å²) in [5.41, 5.74) is -0.102. The Kier molecular flexibility index (Phi) is 3.68. The van der Waals surface area contributed by atoms with E-state index in [-0.39, 0.29) is 22.7 Å². The Hall–Kier alpha value is -1.51. The Morgan fingerprint density at radius 3 is 2.48 bits per heavy atom. The van der Waals surface area contributed by atoms with Crippen LogP contribution >= 0.6 is 0 Å². The second-order valence-corrected chi connectivity index (χ2v) is 7.31. The molecule has 2 aliphatic heterocycles. The van der Waals surface area contributed by atoms with Gasteiger partial charge in [-0.1, -0.05) is 0 Å². The third-order valence-corrected chi connectivity index (χ3v) is 6.23. The van der Waals surface area contributed by atoms with Gasteiger partial charge in [-0.05, 0) is 37.9 Å². The van der Waals surface area contributed by atoms with Gasteiger partial charge >= 0.3 is 0 Å². The zero-order valence-electron chi connectivity index (χ0n) is 11.4. The molecule has 21 heavy (non-hydrogen) atoms. The van der Waals surface area contributed by atoms with Gasteiger partial charge in [0.25, 0.3) is 5.69 Å². The van der Waals surface area contributed by atoms with Crippen molar-refractivity contribution in [3.8, 4) is 0 Å². The summed E-state index contributed by atoms with van der Waals surface area (Å²) in [4.78, 5) is 10.3. The van der Waals surface area contributed by atoms with Gasteiger partial charge in [0, 0.05) is 30.8 Å². The fourth-order valence-electron chi connectivity index (χ4n) is 3.19. The number of nitro groups is 1. The molecule has 0 amide bonds. The number of hydrogen-bond acceptors (Lipinski definition) is 5. The van der Waals surface area contributed by atoms with Crippen LogP contribution in [0.1, 0.15) is 19.3 Å². The molecule has 2 aliphatic rings. The van der Waals surface area contributed by atoms with Crippen molar-refractivity contribution >= 4 is 15.7 Å². The predicted octanol–water partition coefficient (Wildman–Crippen LogP) is 1.11. The Bertz CT molecular complexity index is 630. The van der Waals surface area contributed by atoms with Gasteiger partial charge in [-0.15, -0.1) is 0 Å². The standard InChI is InChI=1S/C13H17N3O4S/c17-16(18)11-3-5-13(6-4-11)21(19,20)15-10-1-2-12(15)9-14-8-7-10/h3-6,10,12,14H,1-2,7-9H2. The zero-order valence-corrected chi connectivity index (χ0v) is 12.3. The van der Waals surface area contributed by atoms with Crippen molar-refractivity contribution in [1.82, 2.24) is 9.62 Å². The van der Waals surface area contributed by atoms with E-state index in [4.69, 9.17) is 0 Å². The van der Waals surface area contributed by atoms with Crippen LogP contribution in [0, 0.1) is 10.1 Å².